The standard InChI is InChI=1S/C24H25N3O/c1-17-9-11-20(12-10-17)27-22-14-13-21(15-19(22)16-26-27)28-23(24(2,3)25)18-7-5-4-6-8-18/h4-16,23H,25H2,1-3H3. The molecule has 1 atom stereocenters. The van der Waals surface area contributed by atoms with Crippen LogP contribution in [0.1, 0.15) is 31.1 Å². The second kappa shape index (κ2) is 7.13. The van der Waals surface area contributed by atoms with Crippen LogP contribution in [0.25, 0.3) is 16.6 Å². The number of rotatable bonds is 5. The molecule has 2 N–H and O–H groups in total. The van der Waals surface area contributed by atoms with Gasteiger partial charge in [-0.15, -0.1) is 0 Å². The molecule has 0 saturated carbocycles. The largest absolute Gasteiger partial charge is 0.484 e. The van der Waals surface area contributed by atoms with Crippen molar-refractivity contribution in [2.45, 2.75) is 32.4 Å². The molecule has 1 heterocycles. The molecule has 0 spiro atoms. The normalized spacial score (nSPS) is 12.9. The number of benzene rings is 3. The Bertz CT molecular complexity index is 1080. The van der Waals surface area contributed by atoms with E-state index >= 15 is 0 Å². The average molecular weight is 371 g/mol. The van der Waals surface area contributed by atoms with Gasteiger partial charge < -0.3 is 10.5 Å². The van der Waals surface area contributed by atoms with E-state index in [4.69, 9.17) is 10.5 Å². The van der Waals surface area contributed by atoms with Crippen LogP contribution >= 0.6 is 0 Å². The van der Waals surface area contributed by atoms with E-state index in [2.05, 4.69) is 36.3 Å². The van der Waals surface area contributed by atoms with Gasteiger partial charge in [0.05, 0.1) is 22.9 Å². The minimum atomic E-state index is -0.525. The van der Waals surface area contributed by atoms with E-state index in [-0.39, 0.29) is 6.10 Å². The van der Waals surface area contributed by atoms with Crippen LogP contribution in [0.2, 0.25) is 0 Å². The predicted molar refractivity (Wildman–Crippen MR) is 114 cm³/mol. The van der Waals surface area contributed by atoms with E-state index in [1.54, 1.807) is 0 Å². The minimum absolute atomic E-state index is 0.252. The Hall–Kier alpha value is -3.11. The smallest absolute Gasteiger partial charge is 0.141 e. The SMILES string of the molecule is Cc1ccc(-n2ncc3cc(OC(c4ccccc4)C(C)(C)N)ccc32)cc1. The van der Waals surface area contributed by atoms with Gasteiger partial charge in [0.1, 0.15) is 11.9 Å². The molecule has 0 radical (unpaired) electrons. The van der Waals surface area contributed by atoms with Crippen molar-refractivity contribution >= 4 is 10.9 Å². The third kappa shape index (κ3) is 3.64. The zero-order chi connectivity index (χ0) is 19.7. The summed E-state index contributed by atoms with van der Waals surface area (Å²) in [7, 11) is 0. The molecular weight excluding hydrogens is 346 g/mol. The summed E-state index contributed by atoms with van der Waals surface area (Å²) in [5, 5.41) is 5.59. The number of nitrogens with zero attached hydrogens (tertiary/aromatic N) is 2. The van der Waals surface area contributed by atoms with E-state index in [1.807, 2.05) is 73.3 Å². The summed E-state index contributed by atoms with van der Waals surface area (Å²) >= 11 is 0. The van der Waals surface area contributed by atoms with Crippen molar-refractivity contribution in [3.63, 3.8) is 0 Å². The molecule has 3 aromatic carbocycles. The van der Waals surface area contributed by atoms with Crippen LogP contribution in [-0.2, 0) is 0 Å². The highest BCUT2D eigenvalue weighted by Crippen LogP contribution is 2.31. The molecule has 4 aromatic rings. The number of ether oxygens (including phenoxy) is 1. The molecule has 4 rings (SSSR count). The molecule has 0 fully saturated rings. The third-order valence-corrected chi connectivity index (χ3v) is 4.85. The van der Waals surface area contributed by atoms with E-state index in [9.17, 15) is 0 Å². The highest BCUT2D eigenvalue weighted by molar-refractivity contribution is 5.81. The molecule has 4 heteroatoms. The summed E-state index contributed by atoms with van der Waals surface area (Å²) in [6, 6.07) is 24.5. The first-order valence-corrected chi connectivity index (χ1v) is 9.47. The van der Waals surface area contributed by atoms with Crippen molar-refractivity contribution in [1.82, 2.24) is 9.78 Å². The van der Waals surface area contributed by atoms with Gasteiger partial charge in [-0.3, -0.25) is 0 Å². The molecule has 0 aliphatic heterocycles. The molecule has 0 amide bonds. The highest BCUT2D eigenvalue weighted by Gasteiger charge is 2.29. The third-order valence-electron chi connectivity index (χ3n) is 4.85. The number of aryl methyl sites for hydroxylation is 1. The number of nitrogens with two attached hydrogens (primary N) is 1. The van der Waals surface area contributed by atoms with Gasteiger partial charge >= 0.3 is 0 Å². The summed E-state index contributed by atoms with van der Waals surface area (Å²) in [6.45, 7) is 6.05. The van der Waals surface area contributed by atoms with Gasteiger partial charge in [0.25, 0.3) is 0 Å². The average Bonchev–Trinajstić information content (AvgIpc) is 3.10. The fraction of sp³-hybridized carbons (Fsp3) is 0.208. The Morgan fingerprint density at radius 1 is 0.964 bits per heavy atom. The van der Waals surface area contributed by atoms with E-state index in [0.717, 1.165) is 27.9 Å². The topological polar surface area (TPSA) is 53.1 Å². The summed E-state index contributed by atoms with van der Waals surface area (Å²) in [4.78, 5) is 0. The van der Waals surface area contributed by atoms with Crippen LogP contribution in [0, 0.1) is 6.92 Å². The fourth-order valence-corrected chi connectivity index (χ4v) is 3.39. The summed E-state index contributed by atoms with van der Waals surface area (Å²) < 4.78 is 8.29. The van der Waals surface area contributed by atoms with Crippen molar-refractivity contribution in [2.24, 2.45) is 5.73 Å². The maximum absolute atomic E-state index is 6.42. The first-order valence-electron chi connectivity index (χ1n) is 9.47. The molecule has 1 unspecified atom stereocenters. The zero-order valence-corrected chi connectivity index (χ0v) is 16.5. The van der Waals surface area contributed by atoms with Gasteiger partial charge in [-0.25, -0.2) is 4.68 Å². The number of hydrogen-bond acceptors (Lipinski definition) is 3. The van der Waals surface area contributed by atoms with Crippen molar-refractivity contribution in [1.29, 1.82) is 0 Å². The molecule has 0 aliphatic rings. The van der Waals surface area contributed by atoms with Crippen LogP contribution in [-0.4, -0.2) is 15.3 Å². The first-order chi connectivity index (χ1) is 13.4. The van der Waals surface area contributed by atoms with Gasteiger partial charge in [0.15, 0.2) is 0 Å². The predicted octanol–water partition coefficient (Wildman–Crippen LogP) is 5.19. The van der Waals surface area contributed by atoms with E-state index in [1.165, 1.54) is 5.56 Å². The molecule has 0 bridgehead atoms. The molecule has 0 aliphatic carbocycles. The second-order valence-corrected chi connectivity index (χ2v) is 7.84. The molecule has 28 heavy (non-hydrogen) atoms. The minimum Gasteiger partial charge on any atom is -0.484 e. The zero-order valence-electron chi connectivity index (χ0n) is 16.5. The van der Waals surface area contributed by atoms with Crippen molar-refractivity contribution < 1.29 is 4.74 Å². The van der Waals surface area contributed by atoms with Crippen molar-refractivity contribution in [2.75, 3.05) is 0 Å². The second-order valence-electron chi connectivity index (χ2n) is 7.84. The molecule has 0 saturated heterocycles. The molecule has 4 nitrogen and oxygen atoms in total. The Labute approximate surface area is 165 Å². The lowest BCUT2D eigenvalue weighted by molar-refractivity contribution is 0.130. The Balaban J connectivity index is 1.67. The fourth-order valence-electron chi connectivity index (χ4n) is 3.39. The maximum Gasteiger partial charge on any atom is 0.141 e. The van der Waals surface area contributed by atoms with Crippen molar-refractivity contribution in [3.8, 4) is 11.4 Å². The number of hydrogen-bond donors (Lipinski definition) is 1. The van der Waals surface area contributed by atoms with Gasteiger partial charge in [-0.05, 0) is 56.7 Å². The lowest BCUT2D eigenvalue weighted by Crippen LogP contribution is -2.42. The van der Waals surface area contributed by atoms with Gasteiger partial charge in [-0.2, -0.15) is 5.10 Å². The van der Waals surface area contributed by atoms with Crippen LogP contribution in [0.4, 0.5) is 0 Å². The molecular formula is C24H25N3O. The Kier molecular flexibility index (Phi) is 4.65. The lowest BCUT2D eigenvalue weighted by Gasteiger charge is -2.31. The van der Waals surface area contributed by atoms with Gasteiger partial charge in [-0.1, -0.05) is 48.0 Å². The summed E-state index contributed by atoms with van der Waals surface area (Å²) in [5.74, 6) is 0.781. The Morgan fingerprint density at radius 3 is 2.36 bits per heavy atom. The van der Waals surface area contributed by atoms with Crippen LogP contribution in [0.5, 0.6) is 5.75 Å². The van der Waals surface area contributed by atoms with Crippen LogP contribution < -0.4 is 10.5 Å². The van der Waals surface area contributed by atoms with Crippen molar-refractivity contribution in [3.05, 3.63) is 90.1 Å². The monoisotopic (exact) mass is 371 g/mol. The van der Waals surface area contributed by atoms with E-state index < -0.39 is 5.54 Å². The number of aromatic nitrogens is 2. The number of fused-ring (bicyclic) bond motifs is 1. The quantitative estimate of drug-likeness (QED) is 0.525. The van der Waals surface area contributed by atoms with Gasteiger partial charge in [0, 0.05) is 5.39 Å². The highest BCUT2D eigenvalue weighted by atomic mass is 16.5. The summed E-state index contributed by atoms with van der Waals surface area (Å²) in [5.41, 5.74) is 10.3. The maximum atomic E-state index is 6.42. The lowest BCUT2D eigenvalue weighted by atomic mass is 9.92. The van der Waals surface area contributed by atoms with Crippen LogP contribution in [0.3, 0.4) is 0 Å². The molecule has 142 valence electrons. The summed E-state index contributed by atoms with van der Waals surface area (Å²) in [6.07, 6.45) is 1.62. The van der Waals surface area contributed by atoms with Crippen LogP contribution in [0.15, 0.2) is 79.0 Å². The van der Waals surface area contributed by atoms with E-state index in [0.29, 0.717) is 0 Å². The van der Waals surface area contributed by atoms with Gasteiger partial charge in [0.2, 0.25) is 0 Å². The first kappa shape index (κ1) is 18.3. The molecule has 1 aromatic heterocycles. The Morgan fingerprint density at radius 2 is 1.68 bits per heavy atom.